The van der Waals surface area contributed by atoms with Crippen LogP contribution >= 0.6 is 11.8 Å². The van der Waals surface area contributed by atoms with E-state index >= 15 is 0 Å². The normalized spacial score (nSPS) is 11.4. The number of nitrogens with one attached hydrogen (secondary N) is 2. The number of hydrogen-bond acceptors (Lipinski definition) is 4. The first kappa shape index (κ1) is 22.3. The number of rotatable bonds is 10. The predicted octanol–water partition coefficient (Wildman–Crippen LogP) is 2.82. The highest BCUT2D eigenvalue weighted by Gasteiger charge is 2.16. The molecule has 2 aromatic carbocycles. The minimum Gasteiger partial charge on any atom is -0.355 e. The van der Waals surface area contributed by atoms with Crippen LogP contribution in [0.3, 0.4) is 0 Å². The zero-order valence-electron chi connectivity index (χ0n) is 14.8. The van der Waals surface area contributed by atoms with Crippen molar-refractivity contribution in [2.24, 2.45) is 0 Å². The van der Waals surface area contributed by atoms with Crippen molar-refractivity contribution in [3.05, 3.63) is 65.5 Å². The lowest BCUT2D eigenvalue weighted by Gasteiger charge is -2.08. The van der Waals surface area contributed by atoms with Gasteiger partial charge in [0, 0.05) is 31.0 Å². The molecule has 0 aliphatic rings. The molecule has 0 unspecified atom stereocenters. The number of sulfonamides is 1. The Morgan fingerprint density at radius 1 is 0.964 bits per heavy atom. The van der Waals surface area contributed by atoms with Crippen LogP contribution in [0.25, 0.3) is 0 Å². The zero-order chi connectivity index (χ0) is 20.6. The van der Waals surface area contributed by atoms with Crippen LogP contribution in [-0.4, -0.2) is 33.2 Å². The highest BCUT2D eigenvalue weighted by atomic mass is 32.2. The van der Waals surface area contributed by atoms with Gasteiger partial charge in [0.1, 0.15) is 5.82 Å². The summed E-state index contributed by atoms with van der Waals surface area (Å²) in [5, 5.41) is 2.63. The van der Waals surface area contributed by atoms with E-state index in [0.717, 1.165) is 12.1 Å². The summed E-state index contributed by atoms with van der Waals surface area (Å²) in [6, 6.07) is 8.68. The average Bonchev–Trinajstić information content (AvgIpc) is 2.65. The fourth-order valence-electron chi connectivity index (χ4n) is 2.17. The molecule has 0 radical (unpaired) electrons. The van der Waals surface area contributed by atoms with Crippen LogP contribution in [0.4, 0.5) is 13.2 Å². The van der Waals surface area contributed by atoms with Gasteiger partial charge in [0.15, 0.2) is 11.6 Å². The minimum atomic E-state index is -4.04. The van der Waals surface area contributed by atoms with Gasteiger partial charge in [0.25, 0.3) is 0 Å². The lowest BCUT2D eigenvalue weighted by molar-refractivity contribution is -0.120. The smallest absolute Gasteiger partial charge is 0.240 e. The first-order valence-corrected chi connectivity index (χ1v) is 11.0. The monoisotopic (exact) mass is 432 g/mol. The zero-order valence-corrected chi connectivity index (χ0v) is 16.4. The highest BCUT2D eigenvalue weighted by molar-refractivity contribution is 7.98. The molecule has 0 aromatic heterocycles. The molecular weight excluding hydrogens is 413 g/mol. The third-order valence-electron chi connectivity index (χ3n) is 3.63. The van der Waals surface area contributed by atoms with Crippen molar-refractivity contribution in [2.75, 3.05) is 18.8 Å². The second kappa shape index (κ2) is 10.5. The molecule has 0 saturated carbocycles. The molecule has 152 valence electrons. The molecule has 2 rings (SSSR count). The Labute approximate surface area is 165 Å². The first-order valence-electron chi connectivity index (χ1n) is 8.32. The van der Waals surface area contributed by atoms with E-state index in [9.17, 15) is 26.4 Å². The van der Waals surface area contributed by atoms with Crippen LogP contribution in [0.1, 0.15) is 12.0 Å². The first-order chi connectivity index (χ1) is 13.3. The van der Waals surface area contributed by atoms with E-state index in [1.165, 1.54) is 17.8 Å². The third kappa shape index (κ3) is 6.84. The van der Waals surface area contributed by atoms with Gasteiger partial charge in [-0.25, -0.2) is 26.3 Å². The Morgan fingerprint density at radius 3 is 2.43 bits per heavy atom. The third-order valence-corrected chi connectivity index (χ3v) is 6.10. The molecule has 0 atom stereocenters. The van der Waals surface area contributed by atoms with Crippen LogP contribution in [-0.2, 0) is 20.6 Å². The van der Waals surface area contributed by atoms with E-state index in [1.54, 1.807) is 18.2 Å². The molecule has 0 saturated heterocycles. The summed E-state index contributed by atoms with van der Waals surface area (Å²) in [4.78, 5) is 11.3. The summed E-state index contributed by atoms with van der Waals surface area (Å²) < 4.78 is 65.6. The molecule has 0 heterocycles. The van der Waals surface area contributed by atoms with E-state index in [4.69, 9.17) is 0 Å². The Morgan fingerprint density at radius 2 is 1.71 bits per heavy atom. The van der Waals surface area contributed by atoms with E-state index in [1.807, 2.05) is 0 Å². The van der Waals surface area contributed by atoms with Crippen LogP contribution < -0.4 is 10.0 Å². The Balaban J connectivity index is 1.65. The van der Waals surface area contributed by atoms with Crippen molar-refractivity contribution >= 4 is 27.7 Å². The van der Waals surface area contributed by atoms with Gasteiger partial charge in [-0.3, -0.25) is 4.79 Å². The molecule has 0 fully saturated rings. The Hall–Kier alpha value is -2.04. The number of thioether (sulfide) groups is 1. The minimum absolute atomic E-state index is 0.110. The van der Waals surface area contributed by atoms with Gasteiger partial charge in [0.05, 0.1) is 4.90 Å². The van der Waals surface area contributed by atoms with Gasteiger partial charge in [-0.05, 0) is 29.8 Å². The summed E-state index contributed by atoms with van der Waals surface area (Å²) >= 11 is 1.46. The van der Waals surface area contributed by atoms with Crippen molar-refractivity contribution in [1.82, 2.24) is 10.0 Å². The van der Waals surface area contributed by atoms with Gasteiger partial charge in [-0.1, -0.05) is 18.2 Å². The average molecular weight is 432 g/mol. The summed E-state index contributed by atoms with van der Waals surface area (Å²) in [5.41, 5.74) is 0.588. The second-order valence-corrected chi connectivity index (χ2v) is 8.59. The molecule has 2 N–H and O–H groups in total. The summed E-state index contributed by atoms with van der Waals surface area (Å²) in [7, 11) is -4.04. The van der Waals surface area contributed by atoms with Crippen molar-refractivity contribution in [3.63, 3.8) is 0 Å². The van der Waals surface area contributed by atoms with Crippen LogP contribution in [0.2, 0.25) is 0 Å². The van der Waals surface area contributed by atoms with Gasteiger partial charge in [0.2, 0.25) is 15.9 Å². The number of benzene rings is 2. The summed E-state index contributed by atoms with van der Waals surface area (Å²) in [6.07, 6.45) is -0.110. The Kier molecular flexibility index (Phi) is 8.34. The maximum absolute atomic E-state index is 13.4. The quantitative estimate of drug-likeness (QED) is 0.566. The molecular formula is C18H19F3N2O3S2. The molecule has 1 amide bonds. The van der Waals surface area contributed by atoms with Crippen LogP contribution in [0, 0.1) is 17.5 Å². The summed E-state index contributed by atoms with van der Waals surface area (Å²) in [5.74, 6) is -2.00. The molecule has 2 aromatic rings. The van der Waals surface area contributed by atoms with Gasteiger partial charge >= 0.3 is 0 Å². The van der Waals surface area contributed by atoms with Crippen molar-refractivity contribution in [3.8, 4) is 0 Å². The summed E-state index contributed by atoms with van der Waals surface area (Å²) in [6.45, 7) is 0.170. The number of carbonyl (C=O) groups excluding carboxylic acids is 1. The van der Waals surface area contributed by atoms with Gasteiger partial charge in [-0.15, -0.1) is 0 Å². The Bertz CT molecular complexity index is 924. The van der Waals surface area contributed by atoms with E-state index in [2.05, 4.69) is 10.0 Å². The lowest BCUT2D eigenvalue weighted by Crippen LogP contribution is -2.31. The fraction of sp³-hybridized carbons (Fsp3) is 0.278. The standard InChI is InChI=1S/C18H19F3N2O3S2/c19-15-4-2-1-3-13(15)12-27-10-9-22-18(24)7-8-23-28(25,26)14-5-6-16(20)17(21)11-14/h1-6,11,23H,7-10,12H2,(H,22,24). The molecule has 0 aliphatic carbocycles. The maximum Gasteiger partial charge on any atom is 0.240 e. The van der Waals surface area contributed by atoms with Gasteiger partial charge in [-0.2, -0.15) is 11.8 Å². The van der Waals surface area contributed by atoms with Crippen molar-refractivity contribution < 1.29 is 26.4 Å². The van der Waals surface area contributed by atoms with Crippen LogP contribution in [0.15, 0.2) is 47.4 Å². The van der Waals surface area contributed by atoms with E-state index < -0.39 is 26.6 Å². The fourth-order valence-corrected chi connectivity index (χ4v) is 4.06. The molecule has 0 bridgehead atoms. The number of hydrogen-bond donors (Lipinski definition) is 2. The van der Waals surface area contributed by atoms with Crippen LogP contribution in [0.5, 0.6) is 0 Å². The predicted molar refractivity (Wildman–Crippen MR) is 102 cm³/mol. The molecule has 5 nitrogen and oxygen atoms in total. The molecule has 10 heteroatoms. The molecule has 28 heavy (non-hydrogen) atoms. The van der Waals surface area contributed by atoms with Crippen molar-refractivity contribution in [2.45, 2.75) is 17.1 Å². The number of carbonyl (C=O) groups is 1. The topological polar surface area (TPSA) is 75.3 Å². The molecule has 0 spiro atoms. The SMILES string of the molecule is O=C(CCNS(=O)(=O)c1ccc(F)c(F)c1)NCCSCc1ccccc1F. The van der Waals surface area contributed by atoms with Gasteiger partial charge < -0.3 is 5.32 Å². The highest BCUT2D eigenvalue weighted by Crippen LogP contribution is 2.15. The number of halogens is 3. The maximum atomic E-state index is 13.4. The second-order valence-electron chi connectivity index (χ2n) is 5.72. The number of amides is 1. The van der Waals surface area contributed by atoms with Crippen molar-refractivity contribution in [1.29, 1.82) is 0 Å². The largest absolute Gasteiger partial charge is 0.355 e. The molecule has 0 aliphatic heterocycles. The van der Waals surface area contributed by atoms with E-state index in [-0.39, 0.29) is 24.7 Å². The van der Waals surface area contributed by atoms with E-state index in [0.29, 0.717) is 29.7 Å². The lowest BCUT2D eigenvalue weighted by atomic mass is 10.2.